The molecule has 3 aromatic carbocycles. The summed E-state index contributed by atoms with van der Waals surface area (Å²) in [5, 5.41) is 4.74. The van der Waals surface area contributed by atoms with Crippen LogP contribution in [0.3, 0.4) is 0 Å². The highest BCUT2D eigenvalue weighted by molar-refractivity contribution is 5.79. The van der Waals surface area contributed by atoms with Crippen LogP contribution in [-0.4, -0.2) is 25.9 Å². The van der Waals surface area contributed by atoms with E-state index in [1.165, 1.54) is 16.8 Å². The second-order valence-corrected chi connectivity index (χ2v) is 7.88. The maximum atomic E-state index is 14.9. The minimum atomic E-state index is -0.465. The van der Waals surface area contributed by atoms with Crippen LogP contribution < -0.4 is 10.3 Å². The van der Waals surface area contributed by atoms with Crippen molar-refractivity contribution in [1.29, 1.82) is 0 Å². The molecule has 0 aliphatic rings. The van der Waals surface area contributed by atoms with Crippen LogP contribution in [0.25, 0.3) is 33.8 Å². The molecule has 0 amide bonds. The fourth-order valence-electron chi connectivity index (χ4n) is 3.81. The third kappa shape index (κ3) is 3.96. The van der Waals surface area contributed by atoms with Crippen molar-refractivity contribution in [2.45, 2.75) is 19.8 Å². The Labute approximate surface area is 195 Å². The quantitative estimate of drug-likeness (QED) is 0.302. The molecule has 6 nitrogen and oxygen atoms in total. The third-order valence-electron chi connectivity index (χ3n) is 5.58. The van der Waals surface area contributed by atoms with E-state index in [0.29, 0.717) is 29.1 Å². The number of halogens is 1. The maximum absolute atomic E-state index is 14.9. The molecule has 0 aliphatic heterocycles. The van der Waals surface area contributed by atoms with Gasteiger partial charge in [0.05, 0.1) is 29.7 Å². The predicted molar refractivity (Wildman–Crippen MR) is 130 cm³/mol. The summed E-state index contributed by atoms with van der Waals surface area (Å²) in [5.41, 5.74) is 1.59. The number of hydrogen-bond donors (Lipinski definition) is 0. The zero-order valence-corrected chi connectivity index (χ0v) is 18.7. The Morgan fingerprint density at radius 3 is 2.38 bits per heavy atom. The van der Waals surface area contributed by atoms with Crippen LogP contribution in [0.15, 0.2) is 89.9 Å². The highest BCUT2D eigenvalue weighted by Gasteiger charge is 2.20. The molecule has 0 atom stereocenters. The summed E-state index contributed by atoms with van der Waals surface area (Å²) in [7, 11) is 0. The molecule has 34 heavy (non-hydrogen) atoms. The minimum absolute atomic E-state index is 0.202. The number of unbranched alkanes of at least 4 members (excludes halogenated alkanes) is 1. The lowest BCUT2D eigenvalue weighted by molar-refractivity contribution is 0.309. The Morgan fingerprint density at radius 1 is 0.912 bits per heavy atom. The van der Waals surface area contributed by atoms with Crippen molar-refractivity contribution < 1.29 is 9.13 Å². The van der Waals surface area contributed by atoms with Crippen molar-refractivity contribution >= 4 is 11.0 Å². The molecule has 7 heteroatoms. The Kier molecular flexibility index (Phi) is 5.91. The van der Waals surface area contributed by atoms with Crippen molar-refractivity contribution in [2.75, 3.05) is 6.61 Å². The topological polar surface area (TPSA) is 61.9 Å². The largest absolute Gasteiger partial charge is 0.494 e. The van der Waals surface area contributed by atoms with Gasteiger partial charge in [-0.2, -0.15) is 5.10 Å². The van der Waals surface area contributed by atoms with E-state index in [-0.39, 0.29) is 16.9 Å². The molecular weight excluding hydrogens is 431 g/mol. The van der Waals surface area contributed by atoms with E-state index in [2.05, 4.69) is 12.0 Å². The average molecular weight is 455 g/mol. The summed E-state index contributed by atoms with van der Waals surface area (Å²) < 4.78 is 23.7. The number of nitrogens with zero attached hydrogens (tertiary/aromatic N) is 4. The van der Waals surface area contributed by atoms with Crippen molar-refractivity contribution in [3.05, 3.63) is 101 Å². The number of aromatic nitrogens is 4. The molecule has 0 spiro atoms. The molecule has 0 bridgehead atoms. The first-order valence-corrected chi connectivity index (χ1v) is 11.2. The molecular formula is C27H23FN4O2. The number of ether oxygens (including phenoxy) is 1. The average Bonchev–Trinajstić information content (AvgIpc) is 3.30. The van der Waals surface area contributed by atoms with Crippen LogP contribution in [0.4, 0.5) is 4.39 Å². The van der Waals surface area contributed by atoms with E-state index in [0.717, 1.165) is 18.5 Å². The van der Waals surface area contributed by atoms with Crippen LogP contribution in [-0.2, 0) is 0 Å². The van der Waals surface area contributed by atoms with Gasteiger partial charge in [0, 0.05) is 0 Å². The molecule has 2 aromatic heterocycles. The fourth-order valence-corrected chi connectivity index (χ4v) is 3.81. The second-order valence-electron chi connectivity index (χ2n) is 7.88. The highest BCUT2D eigenvalue weighted by Crippen LogP contribution is 2.26. The summed E-state index contributed by atoms with van der Waals surface area (Å²) >= 11 is 0. The first kappa shape index (κ1) is 21.6. The highest BCUT2D eigenvalue weighted by atomic mass is 19.1. The standard InChI is InChI=1S/C27H23FN4O2/c1-2-3-17-34-21-15-13-19(14-16-21)31-25(22-11-7-8-12-24(22)28)30-26-23(27(31)33)18-29-32(26)20-9-5-4-6-10-20/h4-16,18H,2-3,17H2,1H3. The molecule has 0 unspecified atom stereocenters. The second kappa shape index (κ2) is 9.31. The molecule has 0 saturated carbocycles. The number of benzene rings is 3. The summed E-state index contributed by atoms with van der Waals surface area (Å²) in [6.07, 6.45) is 3.51. The molecule has 170 valence electrons. The molecule has 0 N–H and O–H groups in total. The van der Waals surface area contributed by atoms with E-state index in [9.17, 15) is 9.18 Å². The summed E-state index contributed by atoms with van der Waals surface area (Å²) in [4.78, 5) is 18.4. The van der Waals surface area contributed by atoms with Gasteiger partial charge >= 0.3 is 0 Å². The normalized spacial score (nSPS) is 11.1. The summed E-state index contributed by atoms with van der Waals surface area (Å²) in [6, 6.07) is 22.9. The van der Waals surface area contributed by atoms with Crippen LogP contribution in [0.5, 0.6) is 5.75 Å². The van der Waals surface area contributed by atoms with Gasteiger partial charge < -0.3 is 4.74 Å². The Bertz CT molecular complexity index is 1490. The number of hydrogen-bond acceptors (Lipinski definition) is 4. The van der Waals surface area contributed by atoms with E-state index < -0.39 is 5.82 Å². The van der Waals surface area contributed by atoms with Crippen molar-refractivity contribution in [3.8, 4) is 28.5 Å². The maximum Gasteiger partial charge on any atom is 0.269 e. The van der Waals surface area contributed by atoms with Crippen molar-refractivity contribution in [2.24, 2.45) is 0 Å². The Balaban J connectivity index is 1.71. The lowest BCUT2D eigenvalue weighted by Gasteiger charge is -2.14. The minimum Gasteiger partial charge on any atom is -0.494 e. The molecule has 5 rings (SSSR count). The van der Waals surface area contributed by atoms with Gasteiger partial charge in [0.1, 0.15) is 17.0 Å². The third-order valence-corrected chi connectivity index (χ3v) is 5.58. The number of para-hydroxylation sites is 1. The van der Waals surface area contributed by atoms with Gasteiger partial charge in [-0.3, -0.25) is 9.36 Å². The van der Waals surface area contributed by atoms with Crippen molar-refractivity contribution in [1.82, 2.24) is 19.3 Å². The lowest BCUT2D eigenvalue weighted by atomic mass is 10.1. The van der Waals surface area contributed by atoms with Gasteiger partial charge in [0.15, 0.2) is 11.5 Å². The van der Waals surface area contributed by atoms with E-state index >= 15 is 0 Å². The van der Waals surface area contributed by atoms with Gasteiger partial charge in [-0.15, -0.1) is 0 Å². The number of fused-ring (bicyclic) bond motifs is 1. The number of rotatable bonds is 7. The van der Waals surface area contributed by atoms with Gasteiger partial charge in [-0.05, 0) is 55.0 Å². The van der Waals surface area contributed by atoms with Crippen molar-refractivity contribution in [3.63, 3.8) is 0 Å². The smallest absolute Gasteiger partial charge is 0.269 e. The zero-order chi connectivity index (χ0) is 23.5. The van der Waals surface area contributed by atoms with Gasteiger partial charge in [0.25, 0.3) is 5.56 Å². The lowest BCUT2D eigenvalue weighted by Crippen LogP contribution is -2.22. The van der Waals surface area contributed by atoms with E-state index in [1.807, 2.05) is 30.3 Å². The summed E-state index contributed by atoms with van der Waals surface area (Å²) in [6.45, 7) is 2.73. The van der Waals surface area contributed by atoms with E-state index in [4.69, 9.17) is 9.72 Å². The molecule has 5 aromatic rings. The SMILES string of the molecule is CCCCOc1ccc(-n2c(-c3ccccc3F)nc3c(cnn3-c3ccccc3)c2=O)cc1. The fraction of sp³-hybridized carbons (Fsp3) is 0.148. The molecule has 2 heterocycles. The van der Waals surface area contributed by atoms with Crippen LogP contribution in [0.2, 0.25) is 0 Å². The molecule has 0 radical (unpaired) electrons. The van der Waals surface area contributed by atoms with Gasteiger partial charge in [0.2, 0.25) is 0 Å². The monoisotopic (exact) mass is 454 g/mol. The summed E-state index contributed by atoms with van der Waals surface area (Å²) in [5.74, 6) is 0.448. The van der Waals surface area contributed by atoms with Crippen LogP contribution >= 0.6 is 0 Å². The van der Waals surface area contributed by atoms with E-state index in [1.54, 1.807) is 47.1 Å². The first-order valence-electron chi connectivity index (χ1n) is 11.2. The first-order chi connectivity index (χ1) is 16.7. The van der Waals surface area contributed by atoms with Crippen LogP contribution in [0, 0.1) is 5.82 Å². The molecule has 0 aliphatic carbocycles. The predicted octanol–water partition coefficient (Wildman–Crippen LogP) is 5.56. The Morgan fingerprint density at radius 2 is 1.65 bits per heavy atom. The van der Waals surface area contributed by atoms with Gasteiger partial charge in [-0.25, -0.2) is 14.1 Å². The zero-order valence-electron chi connectivity index (χ0n) is 18.7. The Hall–Kier alpha value is -4.26. The van der Waals surface area contributed by atoms with Gasteiger partial charge in [-0.1, -0.05) is 43.7 Å². The van der Waals surface area contributed by atoms with Crippen LogP contribution in [0.1, 0.15) is 19.8 Å². The molecule has 0 fully saturated rings. The molecule has 0 saturated heterocycles.